The first kappa shape index (κ1) is 45.2. The van der Waals surface area contributed by atoms with E-state index in [9.17, 15) is 4.79 Å². The second-order valence-electron chi connectivity index (χ2n) is 13.9. The first-order valence-corrected chi connectivity index (χ1v) is 20.3. The van der Waals surface area contributed by atoms with E-state index in [0.717, 1.165) is 38.6 Å². The van der Waals surface area contributed by atoms with Crippen LogP contribution in [0.15, 0.2) is 48.6 Å². The van der Waals surface area contributed by atoms with E-state index in [4.69, 9.17) is 4.74 Å². The third-order valence-corrected chi connectivity index (χ3v) is 8.81. The summed E-state index contributed by atoms with van der Waals surface area (Å²) in [6, 6.07) is 0.244. The molecule has 0 aliphatic heterocycles. The Hall–Kier alpha value is -1.81. The molecule has 4 heteroatoms. The SMILES string of the molecule is CCCCC/C=C\C/C=C\CCCCCCCCC(CCCCCCCC/C=C\C/C=C\CCCCC)NC(=O)OCCCN(C)C. The van der Waals surface area contributed by atoms with Crippen molar-refractivity contribution in [2.45, 2.75) is 193 Å². The van der Waals surface area contributed by atoms with Crippen LogP contribution in [0.1, 0.15) is 187 Å². The number of hydrogen-bond donors (Lipinski definition) is 1. The van der Waals surface area contributed by atoms with Crippen LogP contribution < -0.4 is 5.32 Å². The Bertz CT molecular complexity index is 707. The Labute approximate surface area is 294 Å². The van der Waals surface area contributed by atoms with Gasteiger partial charge in [-0.3, -0.25) is 0 Å². The minimum atomic E-state index is -0.228. The van der Waals surface area contributed by atoms with Gasteiger partial charge in [-0.25, -0.2) is 4.79 Å². The zero-order chi connectivity index (χ0) is 34.3. The molecule has 0 spiro atoms. The molecule has 274 valence electrons. The topological polar surface area (TPSA) is 41.6 Å². The van der Waals surface area contributed by atoms with Gasteiger partial charge in [-0.15, -0.1) is 0 Å². The smallest absolute Gasteiger partial charge is 0.407 e. The maximum atomic E-state index is 12.5. The Balaban J connectivity index is 4.06. The van der Waals surface area contributed by atoms with Gasteiger partial charge in [0.05, 0.1) is 6.61 Å². The van der Waals surface area contributed by atoms with Crippen molar-refractivity contribution in [2.75, 3.05) is 27.2 Å². The maximum Gasteiger partial charge on any atom is 0.407 e. The molecular weight excluding hydrogens is 576 g/mol. The van der Waals surface area contributed by atoms with Crippen molar-refractivity contribution in [3.8, 4) is 0 Å². The molecule has 0 aliphatic carbocycles. The summed E-state index contributed by atoms with van der Waals surface area (Å²) < 4.78 is 5.49. The van der Waals surface area contributed by atoms with Crippen LogP contribution in [0.5, 0.6) is 0 Å². The van der Waals surface area contributed by atoms with Crippen molar-refractivity contribution in [3.63, 3.8) is 0 Å². The minimum Gasteiger partial charge on any atom is -0.450 e. The number of unbranched alkanes of at least 4 members (excludes halogenated alkanes) is 18. The lowest BCUT2D eigenvalue weighted by molar-refractivity contribution is 0.136. The molecule has 0 bridgehead atoms. The number of amides is 1. The van der Waals surface area contributed by atoms with Crippen LogP contribution in [0.2, 0.25) is 0 Å². The van der Waals surface area contributed by atoms with Gasteiger partial charge in [0.25, 0.3) is 0 Å². The summed E-state index contributed by atoms with van der Waals surface area (Å²) in [5.74, 6) is 0. The Kier molecular flexibility index (Phi) is 37.1. The Morgan fingerprint density at radius 3 is 1.32 bits per heavy atom. The average Bonchev–Trinajstić information content (AvgIpc) is 3.06. The maximum absolute atomic E-state index is 12.5. The third kappa shape index (κ3) is 38.5. The van der Waals surface area contributed by atoms with Gasteiger partial charge in [0.15, 0.2) is 0 Å². The highest BCUT2D eigenvalue weighted by atomic mass is 16.5. The molecule has 0 aromatic heterocycles. The molecule has 0 aliphatic rings. The molecule has 0 unspecified atom stereocenters. The quantitative estimate of drug-likeness (QED) is 0.0545. The molecule has 0 radical (unpaired) electrons. The third-order valence-electron chi connectivity index (χ3n) is 8.81. The van der Waals surface area contributed by atoms with E-state index in [0.29, 0.717) is 6.61 Å². The summed E-state index contributed by atoms with van der Waals surface area (Å²) >= 11 is 0. The first-order valence-electron chi connectivity index (χ1n) is 20.3. The van der Waals surface area contributed by atoms with Crippen molar-refractivity contribution in [1.29, 1.82) is 0 Å². The molecule has 0 rings (SSSR count). The van der Waals surface area contributed by atoms with Gasteiger partial charge in [-0.05, 0) is 97.6 Å². The fourth-order valence-corrected chi connectivity index (χ4v) is 5.80. The van der Waals surface area contributed by atoms with E-state index in [1.165, 1.54) is 141 Å². The van der Waals surface area contributed by atoms with Crippen molar-refractivity contribution in [3.05, 3.63) is 48.6 Å². The number of carbonyl (C=O) groups is 1. The predicted molar refractivity (Wildman–Crippen MR) is 209 cm³/mol. The second-order valence-corrected chi connectivity index (χ2v) is 13.9. The number of alkyl carbamates (subject to hydrolysis) is 1. The zero-order valence-electron chi connectivity index (χ0n) is 32.0. The minimum absolute atomic E-state index is 0.228. The fraction of sp³-hybridized carbons (Fsp3) is 0.791. The van der Waals surface area contributed by atoms with Crippen LogP contribution >= 0.6 is 0 Å². The highest BCUT2D eigenvalue weighted by Gasteiger charge is 2.13. The molecular formula is C43H80N2O2. The van der Waals surface area contributed by atoms with Gasteiger partial charge < -0.3 is 15.0 Å². The lowest BCUT2D eigenvalue weighted by Crippen LogP contribution is -2.35. The van der Waals surface area contributed by atoms with E-state index in [2.05, 4.69) is 86.8 Å². The molecule has 47 heavy (non-hydrogen) atoms. The molecule has 0 heterocycles. The van der Waals surface area contributed by atoms with Crippen molar-refractivity contribution in [2.24, 2.45) is 0 Å². The summed E-state index contributed by atoms with van der Waals surface area (Å²) in [4.78, 5) is 14.6. The largest absolute Gasteiger partial charge is 0.450 e. The summed E-state index contributed by atoms with van der Waals surface area (Å²) in [7, 11) is 4.10. The van der Waals surface area contributed by atoms with E-state index in [1.54, 1.807) is 0 Å². The number of rotatable bonds is 35. The number of nitrogens with one attached hydrogen (secondary N) is 1. The van der Waals surface area contributed by atoms with Gasteiger partial charge in [-0.1, -0.05) is 152 Å². The Morgan fingerprint density at radius 1 is 0.532 bits per heavy atom. The van der Waals surface area contributed by atoms with E-state index < -0.39 is 0 Å². The van der Waals surface area contributed by atoms with Crippen LogP contribution in [0.4, 0.5) is 4.79 Å². The number of hydrogen-bond acceptors (Lipinski definition) is 3. The van der Waals surface area contributed by atoms with Gasteiger partial charge in [0.1, 0.15) is 0 Å². The molecule has 0 fully saturated rings. The van der Waals surface area contributed by atoms with Crippen LogP contribution in [0.25, 0.3) is 0 Å². The number of nitrogens with zero attached hydrogens (tertiary/aromatic N) is 1. The summed E-state index contributed by atoms with van der Waals surface area (Å²) in [5.41, 5.74) is 0. The number of ether oxygens (including phenoxy) is 1. The van der Waals surface area contributed by atoms with Gasteiger partial charge >= 0.3 is 6.09 Å². The second kappa shape index (κ2) is 38.6. The van der Waals surface area contributed by atoms with E-state index >= 15 is 0 Å². The molecule has 1 N–H and O–H groups in total. The van der Waals surface area contributed by atoms with E-state index in [1.807, 2.05) is 0 Å². The Morgan fingerprint density at radius 2 is 0.915 bits per heavy atom. The summed E-state index contributed by atoms with van der Waals surface area (Å²) in [6.45, 7) is 5.95. The molecule has 0 aromatic carbocycles. The predicted octanol–water partition coefficient (Wildman–Crippen LogP) is 13.4. The average molecular weight is 657 g/mol. The highest BCUT2D eigenvalue weighted by molar-refractivity contribution is 5.67. The zero-order valence-corrected chi connectivity index (χ0v) is 32.0. The number of allylic oxidation sites excluding steroid dienone is 8. The molecule has 0 atom stereocenters. The summed E-state index contributed by atoms with van der Waals surface area (Å²) in [5, 5.41) is 3.21. The van der Waals surface area contributed by atoms with Crippen LogP contribution in [-0.2, 0) is 4.74 Å². The highest BCUT2D eigenvalue weighted by Crippen LogP contribution is 2.16. The van der Waals surface area contributed by atoms with Crippen LogP contribution in [0, 0.1) is 0 Å². The summed E-state index contributed by atoms with van der Waals surface area (Å²) in [6.07, 6.45) is 51.9. The van der Waals surface area contributed by atoms with E-state index in [-0.39, 0.29) is 12.1 Å². The standard InChI is InChI=1S/C43H80N2O2/c1-5-7-9-11-13-15-17-19-21-23-25-27-29-31-33-35-38-42(44-43(46)47-41-37-40-45(3)4)39-36-34-32-30-28-26-24-22-20-18-16-14-12-10-8-6-2/h13-16,19-22,42H,5-12,17-18,23-41H2,1-4H3,(H,44,46)/b15-13-,16-14-,21-19-,22-20-. The van der Waals surface area contributed by atoms with Crippen molar-refractivity contribution >= 4 is 6.09 Å². The van der Waals surface area contributed by atoms with Gasteiger partial charge in [-0.2, -0.15) is 0 Å². The number of carbonyl (C=O) groups excluding carboxylic acids is 1. The fourth-order valence-electron chi connectivity index (χ4n) is 5.80. The molecule has 4 nitrogen and oxygen atoms in total. The van der Waals surface area contributed by atoms with Crippen LogP contribution in [-0.4, -0.2) is 44.3 Å². The molecule has 1 amide bonds. The monoisotopic (exact) mass is 657 g/mol. The van der Waals surface area contributed by atoms with Gasteiger partial charge in [0.2, 0.25) is 0 Å². The van der Waals surface area contributed by atoms with Gasteiger partial charge in [0, 0.05) is 12.6 Å². The molecule has 0 saturated heterocycles. The lowest BCUT2D eigenvalue weighted by Gasteiger charge is -2.19. The normalized spacial score (nSPS) is 12.3. The van der Waals surface area contributed by atoms with Crippen molar-refractivity contribution in [1.82, 2.24) is 10.2 Å². The van der Waals surface area contributed by atoms with Crippen molar-refractivity contribution < 1.29 is 9.53 Å². The van der Waals surface area contributed by atoms with Crippen LogP contribution in [0.3, 0.4) is 0 Å². The first-order chi connectivity index (χ1) is 23.1. The molecule has 0 saturated carbocycles. The molecule has 0 aromatic rings. The lowest BCUT2D eigenvalue weighted by atomic mass is 10.00.